The van der Waals surface area contributed by atoms with Gasteiger partial charge < -0.3 is 0 Å². The third-order valence-electron chi connectivity index (χ3n) is 2.62. The van der Waals surface area contributed by atoms with E-state index in [-0.39, 0.29) is 10.8 Å². The van der Waals surface area contributed by atoms with Gasteiger partial charge in [-0.2, -0.15) is 0 Å². The first-order chi connectivity index (χ1) is 8.44. The quantitative estimate of drug-likeness (QED) is 0.402. The van der Waals surface area contributed by atoms with Gasteiger partial charge in [0.2, 0.25) is 0 Å². The van der Waals surface area contributed by atoms with Crippen LogP contribution in [0.15, 0.2) is 9.79 Å². The Morgan fingerprint density at radius 3 is 1.95 bits per heavy atom. The SMILES string of the molecule is CC(=S)CSc1c(C(C)(C)C)sc(C(C)(C)C)c1S. The first-order valence-corrected chi connectivity index (χ1v) is 9.09. The summed E-state index contributed by atoms with van der Waals surface area (Å²) in [5, 5.41) is 0. The van der Waals surface area contributed by atoms with Crippen LogP contribution in [-0.4, -0.2) is 10.6 Å². The van der Waals surface area contributed by atoms with E-state index in [0.29, 0.717) is 0 Å². The first-order valence-electron chi connectivity index (χ1n) is 6.43. The van der Waals surface area contributed by atoms with Gasteiger partial charge in [0, 0.05) is 30.2 Å². The van der Waals surface area contributed by atoms with Crippen LogP contribution in [0.4, 0.5) is 0 Å². The summed E-state index contributed by atoms with van der Waals surface area (Å²) in [5.74, 6) is 0.895. The van der Waals surface area contributed by atoms with E-state index in [4.69, 9.17) is 24.8 Å². The van der Waals surface area contributed by atoms with E-state index >= 15 is 0 Å². The minimum atomic E-state index is 0.146. The third kappa shape index (κ3) is 4.48. The highest BCUT2D eigenvalue weighted by Gasteiger charge is 2.29. The second kappa shape index (κ2) is 6.08. The lowest BCUT2D eigenvalue weighted by atomic mass is 9.93. The van der Waals surface area contributed by atoms with Crippen molar-refractivity contribution >= 4 is 52.8 Å². The maximum absolute atomic E-state index is 5.21. The molecule has 0 unspecified atom stereocenters. The number of hydrogen-bond acceptors (Lipinski definition) is 4. The Morgan fingerprint density at radius 1 is 1.11 bits per heavy atom. The summed E-state index contributed by atoms with van der Waals surface area (Å²) < 4.78 is 0. The van der Waals surface area contributed by atoms with Crippen molar-refractivity contribution in [1.29, 1.82) is 0 Å². The Kier molecular flexibility index (Phi) is 5.62. The van der Waals surface area contributed by atoms with Crippen LogP contribution in [0.5, 0.6) is 0 Å². The van der Waals surface area contributed by atoms with E-state index in [2.05, 4.69) is 41.5 Å². The van der Waals surface area contributed by atoms with Gasteiger partial charge in [-0.3, -0.25) is 0 Å². The molecule has 4 heteroatoms. The molecule has 0 bridgehead atoms. The summed E-state index contributed by atoms with van der Waals surface area (Å²) in [5.41, 5.74) is 0.302. The van der Waals surface area contributed by atoms with Gasteiger partial charge in [0.05, 0.1) is 0 Å². The van der Waals surface area contributed by atoms with Crippen LogP contribution in [0.1, 0.15) is 58.2 Å². The molecular formula is C15H24S4. The highest BCUT2D eigenvalue weighted by atomic mass is 32.2. The largest absolute Gasteiger partial charge is 0.142 e. The highest BCUT2D eigenvalue weighted by Crippen LogP contribution is 2.48. The van der Waals surface area contributed by atoms with Gasteiger partial charge in [0.25, 0.3) is 0 Å². The Labute approximate surface area is 137 Å². The number of thioether (sulfide) groups is 1. The molecule has 1 aromatic rings. The van der Waals surface area contributed by atoms with E-state index in [1.165, 1.54) is 14.6 Å². The molecule has 0 nitrogen and oxygen atoms in total. The fraction of sp³-hybridized carbons (Fsp3) is 0.667. The Balaban J connectivity index is 3.33. The average molecular weight is 333 g/mol. The van der Waals surface area contributed by atoms with Crippen molar-refractivity contribution in [2.24, 2.45) is 0 Å². The summed E-state index contributed by atoms with van der Waals surface area (Å²) in [6.45, 7) is 15.6. The van der Waals surface area contributed by atoms with Crippen LogP contribution >= 0.6 is 47.9 Å². The second-order valence-corrected chi connectivity index (χ2v) is 10.1. The van der Waals surface area contributed by atoms with Crippen molar-refractivity contribution in [3.8, 4) is 0 Å². The van der Waals surface area contributed by atoms with Gasteiger partial charge in [0.15, 0.2) is 0 Å². The lowest BCUT2D eigenvalue weighted by Gasteiger charge is -2.19. The molecule has 1 aromatic heterocycles. The van der Waals surface area contributed by atoms with Crippen LogP contribution in [-0.2, 0) is 10.8 Å². The standard InChI is InChI=1S/C15H24S4/c1-9(16)8-18-11-10(17)12(14(2,3)4)19-13(11)15(5,6)7/h17H,8H2,1-7H3. The zero-order valence-corrected chi connectivity index (χ0v) is 16.2. The van der Waals surface area contributed by atoms with Crippen molar-refractivity contribution < 1.29 is 0 Å². The van der Waals surface area contributed by atoms with E-state index in [0.717, 1.165) is 15.5 Å². The number of thiocarbonyl (C=S) groups is 1. The van der Waals surface area contributed by atoms with E-state index in [9.17, 15) is 0 Å². The van der Waals surface area contributed by atoms with E-state index in [1.54, 1.807) is 0 Å². The van der Waals surface area contributed by atoms with Crippen molar-refractivity contribution in [1.82, 2.24) is 0 Å². The lowest BCUT2D eigenvalue weighted by Crippen LogP contribution is -2.10. The minimum Gasteiger partial charge on any atom is -0.142 e. The third-order valence-corrected chi connectivity index (χ3v) is 7.14. The molecule has 0 aromatic carbocycles. The van der Waals surface area contributed by atoms with Crippen molar-refractivity contribution in [2.75, 3.05) is 5.75 Å². The highest BCUT2D eigenvalue weighted by molar-refractivity contribution is 8.01. The zero-order chi connectivity index (χ0) is 15.0. The Morgan fingerprint density at radius 2 is 1.58 bits per heavy atom. The van der Waals surface area contributed by atoms with Gasteiger partial charge in [-0.15, -0.1) is 35.7 Å². The molecule has 0 amide bonds. The van der Waals surface area contributed by atoms with Gasteiger partial charge in [-0.1, -0.05) is 53.8 Å². The summed E-state index contributed by atoms with van der Waals surface area (Å²) in [6, 6.07) is 0. The number of rotatable bonds is 3. The predicted molar refractivity (Wildman–Crippen MR) is 98.0 cm³/mol. The van der Waals surface area contributed by atoms with Gasteiger partial charge >= 0.3 is 0 Å². The fourth-order valence-corrected chi connectivity index (χ4v) is 5.35. The maximum atomic E-state index is 5.21. The summed E-state index contributed by atoms with van der Waals surface area (Å²) >= 11 is 13.8. The summed E-state index contributed by atoms with van der Waals surface area (Å²) in [4.78, 5) is 6.34. The first kappa shape index (κ1) is 17.5. The van der Waals surface area contributed by atoms with Crippen LogP contribution < -0.4 is 0 Å². The molecule has 19 heavy (non-hydrogen) atoms. The van der Waals surface area contributed by atoms with Gasteiger partial charge in [-0.05, 0) is 17.8 Å². The molecule has 0 aliphatic rings. The molecule has 0 spiro atoms. The lowest BCUT2D eigenvalue weighted by molar-refractivity contribution is 0.585. The number of hydrogen-bond donors (Lipinski definition) is 1. The molecule has 0 atom stereocenters. The molecule has 0 aliphatic carbocycles. The Hall–Kier alpha value is 0.490. The molecule has 1 heterocycles. The fourth-order valence-electron chi connectivity index (χ4n) is 1.72. The number of thiol groups is 1. The van der Waals surface area contributed by atoms with Crippen molar-refractivity contribution in [3.63, 3.8) is 0 Å². The van der Waals surface area contributed by atoms with E-state index in [1.807, 2.05) is 30.0 Å². The van der Waals surface area contributed by atoms with Crippen molar-refractivity contribution in [2.45, 2.75) is 69.1 Å². The zero-order valence-electron chi connectivity index (χ0n) is 12.9. The van der Waals surface area contributed by atoms with Crippen LogP contribution in [0, 0.1) is 0 Å². The maximum Gasteiger partial charge on any atom is 0.0357 e. The monoisotopic (exact) mass is 332 g/mol. The molecule has 108 valence electrons. The Bertz CT molecular complexity index is 470. The molecule has 0 radical (unpaired) electrons. The van der Waals surface area contributed by atoms with Crippen LogP contribution in [0.25, 0.3) is 0 Å². The predicted octanol–water partition coefficient (Wildman–Crippen LogP) is 6.11. The second-order valence-electron chi connectivity index (χ2n) is 6.93. The van der Waals surface area contributed by atoms with E-state index < -0.39 is 0 Å². The molecule has 1 rings (SSSR count). The number of thiophene rings is 1. The molecule has 0 fully saturated rings. The van der Waals surface area contributed by atoms with Gasteiger partial charge in [-0.25, -0.2) is 0 Å². The summed E-state index contributed by atoms with van der Waals surface area (Å²) in [7, 11) is 0. The minimum absolute atomic E-state index is 0.146. The summed E-state index contributed by atoms with van der Waals surface area (Å²) in [6.07, 6.45) is 0. The molecular weight excluding hydrogens is 308 g/mol. The normalized spacial score (nSPS) is 12.8. The smallest absolute Gasteiger partial charge is 0.0357 e. The molecule has 0 N–H and O–H groups in total. The molecule has 0 aliphatic heterocycles. The van der Waals surface area contributed by atoms with Gasteiger partial charge in [0.1, 0.15) is 0 Å². The average Bonchev–Trinajstić information content (AvgIpc) is 2.51. The molecule has 0 saturated carbocycles. The van der Waals surface area contributed by atoms with Crippen LogP contribution in [0.3, 0.4) is 0 Å². The van der Waals surface area contributed by atoms with Crippen molar-refractivity contribution in [3.05, 3.63) is 9.75 Å². The van der Waals surface area contributed by atoms with Crippen LogP contribution in [0.2, 0.25) is 0 Å². The topological polar surface area (TPSA) is 0 Å². The molecule has 0 saturated heterocycles.